The minimum atomic E-state index is -0.848. The van der Waals surface area contributed by atoms with Crippen LogP contribution in [0.5, 0.6) is 0 Å². The van der Waals surface area contributed by atoms with Gasteiger partial charge in [0, 0.05) is 23.2 Å². The lowest BCUT2D eigenvalue weighted by Crippen LogP contribution is -2.01. The zero-order chi connectivity index (χ0) is 15.7. The molecular formula is C16H12Cl2N2O2. The largest absolute Gasteiger partial charge is 0.481 e. The van der Waals surface area contributed by atoms with Gasteiger partial charge in [-0.1, -0.05) is 29.3 Å². The van der Waals surface area contributed by atoms with Gasteiger partial charge in [-0.15, -0.1) is 0 Å². The summed E-state index contributed by atoms with van der Waals surface area (Å²) in [4.78, 5) is 15.5. The van der Waals surface area contributed by atoms with Gasteiger partial charge in [0.05, 0.1) is 22.8 Å². The van der Waals surface area contributed by atoms with Crippen LogP contribution in [0.4, 0.5) is 0 Å². The molecule has 0 saturated heterocycles. The van der Waals surface area contributed by atoms with Gasteiger partial charge >= 0.3 is 5.97 Å². The highest BCUT2D eigenvalue weighted by Gasteiger charge is 2.17. The molecule has 6 heteroatoms. The Kier molecular flexibility index (Phi) is 4.05. The number of benzene rings is 1. The van der Waals surface area contributed by atoms with Gasteiger partial charge in [-0.2, -0.15) is 0 Å². The summed E-state index contributed by atoms with van der Waals surface area (Å²) in [5.74, 6) is -0.848. The van der Waals surface area contributed by atoms with Crippen molar-refractivity contribution in [3.63, 3.8) is 0 Å². The highest BCUT2D eigenvalue weighted by molar-refractivity contribution is 6.36. The van der Waals surface area contributed by atoms with E-state index in [1.54, 1.807) is 18.2 Å². The molecule has 1 aromatic carbocycles. The van der Waals surface area contributed by atoms with Crippen LogP contribution in [0.3, 0.4) is 0 Å². The topological polar surface area (TPSA) is 54.6 Å². The summed E-state index contributed by atoms with van der Waals surface area (Å²) in [5, 5.41) is 10.0. The number of pyridine rings is 1. The summed E-state index contributed by atoms with van der Waals surface area (Å²) < 4.78 is 1.89. The maximum absolute atomic E-state index is 10.9. The molecule has 0 amide bonds. The number of carboxylic acids is 1. The molecule has 0 aliphatic carbocycles. The maximum Gasteiger partial charge on any atom is 0.303 e. The third-order valence-electron chi connectivity index (χ3n) is 3.39. The van der Waals surface area contributed by atoms with Crippen molar-refractivity contribution in [1.82, 2.24) is 9.38 Å². The lowest BCUT2D eigenvalue weighted by molar-refractivity contribution is -0.136. The van der Waals surface area contributed by atoms with Crippen LogP contribution in [0.1, 0.15) is 12.1 Å². The number of aryl methyl sites for hydroxylation is 1. The second-order valence-electron chi connectivity index (χ2n) is 4.85. The van der Waals surface area contributed by atoms with Gasteiger partial charge in [0.2, 0.25) is 0 Å². The fourth-order valence-electron chi connectivity index (χ4n) is 2.41. The van der Waals surface area contributed by atoms with E-state index < -0.39 is 5.97 Å². The average molecular weight is 335 g/mol. The lowest BCUT2D eigenvalue weighted by Gasteiger charge is -2.06. The van der Waals surface area contributed by atoms with Gasteiger partial charge in [-0.25, -0.2) is 4.98 Å². The third-order valence-corrected chi connectivity index (χ3v) is 3.94. The Balaban J connectivity index is 2.19. The van der Waals surface area contributed by atoms with Crippen molar-refractivity contribution < 1.29 is 9.90 Å². The number of imidazole rings is 1. The molecule has 0 atom stereocenters. The predicted octanol–water partition coefficient (Wildman–Crippen LogP) is 4.33. The SMILES string of the molecule is O=C(O)CCc1c(-c2ccc(Cl)cc2Cl)nc2ccccn12. The van der Waals surface area contributed by atoms with E-state index in [0.29, 0.717) is 22.2 Å². The average Bonchev–Trinajstić information content (AvgIpc) is 2.83. The van der Waals surface area contributed by atoms with Crippen molar-refractivity contribution in [2.45, 2.75) is 12.8 Å². The molecule has 0 aliphatic heterocycles. The maximum atomic E-state index is 10.9. The minimum absolute atomic E-state index is 0.0287. The van der Waals surface area contributed by atoms with Gasteiger partial charge in [-0.05, 0) is 30.3 Å². The van der Waals surface area contributed by atoms with E-state index in [0.717, 1.165) is 16.9 Å². The molecule has 1 N–H and O–H groups in total. The van der Waals surface area contributed by atoms with Gasteiger partial charge in [-0.3, -0.25) is 4.79 Å². The molecule has 22 heavy (non-hydrogen) atoms. The Hall–Kier alpha value is -2.04. The second kappa shape index (κ2) is 5.99. The molecule has 3 rings (SSSR count). The van der Waals surface area contributed by atoms with E-state index in [4.69, 9.17) is 28.3 Å². The van der Waals surface area contributed by atoms with Gasteiger partial charge in [0.15, 0.2) is 0 Å². The van der Waals surface area contributed by atoms with Gasteiger partial charge in [0.25, 0.3) is 0 Å². The van der Waals surface area contributed by atoms with E-state index in [-0.39, 0.29) is 6.42 Å². The fourth-order valence-corrected chi connectivity index (χ4v) is 2.91. The van der Waals surface area contributed by atoms with Crippen LogP contribution in [-0.2, 0) is 11.2 Å². The summed E-state index contributed by atoms with van der Waals surface area (Å²) in [6.07, 6.45) is 2.27. The van der Waals surface area contributed by atoms with Crippen molar-refractivity contribution in [3.8, 4) is 11.3 Å². The molecular weight excluding hydrogens is 323 g/mol. The van der Waals surface area contributed by atoms with E-state index in [1.807, 2.05) is 28.8 Å². The van der Waals surface area contributed by atoms with E-state index in [9.17, 15) is 4.79 Å². The third kappa shape index (κ3) is 2.80. The zero-order valence-electron chi connectivity index (χ0n) is 11.5. The number of rotatable bonds is 4. The van der Waals surface area contributed by atoms with Crippen molar-refractivity contribution in [3.05, 3.63) is 58.3 Å². The van der Waals surface area contributed by atoms with Crippen molar-refractivity contribution >= 4 is 34.8 Å². The summed E-state index contributed by atoms with van der Waals surface area (Å²) in [6.45, 7) is 0. The molecule has 0 spiro atoms. The molecule has 3 aromatic rings. The Labute approximate surface area is 136 Å². The van der Waals surface area contributed by atoms with Crippen LogP contribution in [-0.4, -0.2) is 20.5 Å². The summed E-state index contributed by atoms with van der Waals surface area (Å²) in [5.41, 5.74) is 3.01. The quantitative estimate of drug-likeness (QED) is 0.772. The number of carbonyl (C=O) groups is 1. The van der Waals surface area contributed by atoms with Crippen LogP contribution in [0.2, 0.25) is 10.0 Å². The zero-order valence-corrected chi connectivity index (χ0v) is 13.0. The van der Waals surface area contributed by atoms with Crippen molar-refractivity contribution in [1.29, 1.82) is 0 Å². The Morgan fingerprint density at radius 1 is 1.23 bits per heavy atom. The molecule has 112 valence electrons. The first-order chi connectivity index (χ1) is 10.6. The van der Waals surface area contributed by atoms with Crippen LogP contribution in [0.15, 0.2) is 42.6 Å². The normalized spacial score (nSPS) is 11.0. The Morgan fingerprint density at radius 2 is 2.05 bits per heavy atom. The molecule has 0 bridgehead atoms. The number of carboxylic acid groups (broad SMARTS) is 1. The number of aliphatic carboxylic acids is 1. The molecule has 0 aliphatic rings. The van der Waals surface area contributed by atoms with Crippen LogP contribution in [0, 0.1) is 0 Å². The lowest BCUT2D eigenvalue weighted by atomic mass is 10.1. The summed E-state index contributed by atoms with van der Waals surface area (Å²) >= 11 is 12.2. The highest BCUT2D eigenvalue weighted by Crippen LogP contribution is 2.33. The molecule has 0 saturated carbocycles. The van der Waals surface area contributed by atoms with E-state index >= 15 is 0 Å². The smallest absolute Gasteiger partial charge is 0.303 e. The van der Waals surface area contributed by atoms with E-state index in [2.05, 4.69) is 4.98 Å². The minimum Gasteiger partial charge on any atom is -0.481 e. The monoisotopic (exact) mass is 334 g/mol. The van der Waals surface area contributed by atoms with Crippen molar-refractivity contribution in [2.75, 3.05) is 0 Å². The number of aromatic nitrogens is 2. The van der Waals surface area contributed by atoms with Crippen molar-refractivity contribution in [2.24, 2.45) is 0 Å². The first-order valence-corrected chi connectivity index (χ1v) is 7.45. The first kappa shape index (κ1) is 14.9. The summed E-state index contributed by atoms with van der Waals surface area (Å²) in [7, 11) is 0. The number of hydrogen-bond acceptors (Lipinski definition) is 2. The second-order valence-corrected chi connectivity index (χ2v) is 5.70. The molecule has 2 aromatic heterocycles. The number of nitrogens with zero attached hydrogens (tertiary/aromatic N) is 2. The Bertz CT molecular complexity index is 858. The van der Waals surface area contributed by atoms with Crippen LogP contribution < -0.4 is 0 Å². The first-order valence-electron chi connectivity index (χ1n) is 6.69. The molecule has 0 fully saturated rings. The molecule has 2 heterocycles. The number of fused-ring (bicyclic) bond motifs is 1. The van der Waals surface area contributed by atoms with E-state index in [1.165, 1.54) is 0 Å². The number of halogens is 2. The van der Waals surface area contributed by atoms with Crippen LogP contribution >= 0.6 is 23.2 Å². The predicted molar refractivity (Wildman–Crippen MR) is 86.6 cm³/mol. The van der Waals surface area contributed by atoms with Gasteiger partial charge in [0.1, 0.15) is 5.65 Å². The van der Waals surface area contributed by atoms with Gasteiger partial charge < -0.3 is 9.51 Å². The Morgan fingerprint density at radius 3 is 2.77 bits per heavy atom. The summed E-state index contributed by atoms with van der Waals surface area (Å²) in [6, 6.07) is 10.8. The standard InChI is InChI=1S/C16H12Cl2N2O2/c17-10-4-5-11(12(18)9-10)16-13(6-7-15(21)22)20-8-2-1-3-14(20)19-16/h1-5,8-9H,6-7H2,(H,21,22). The molecule has 4 nitrogen and oxygen atoms in total. The highest BCUT2D eigenvalue weighted by atomic mass is 35.5. The van der Waals surface area contributed by atoms with Crippen LogP contribution in [0.25, 0.3) is 16.9 Å². The molecule has 0 unspecified atom stereocenters. The molecule has 0 radical (unpaired) electrons. The number of hydrogen-bond donors (Lipinski definition) is 1. The fraction of sp³-hybridized carbons (Fsp3) is 0.125.